The van der Waals surface area contributed by atoms with E-state index in [1.807, 2.05) is 0 Å². The molecule has 1 aromatic heterocycles. The summed E-state index contributed by atoms with van der Waals surface area (Å²) in [5.41, 5.74) is 1.46. The van der Waals surface area contributed by atoms with Gasteiger partial charge in [-0.2, -0.15) is 0 Å². The first-order chi connectivity index (χ1) is 10.1. The van der Waals surface area contributed by atoms with Crippen LogP contribution in [0.25, 0.3) is 0 Å². The van der Waals surface area contributed by atoms with E-state index >= 15 is 0 Å². The molecular formula is C15H13Cl2N3O. The first kappa shape index (κ1) is 15.4. The van der Waals surface area contributed by atoms with E-state index in [1.54, 1.807) is 42.6 Å². The van der Waals surface area contributed by atoms with E-state index in [9.17, 15) is 4.79 Å². The van der Waals surface area contributed by atoms with Gasteiger partial charge in [-0.05, 0) is 24.3 Å². The summed E-state index contributed by atoms with van der Waals surface area (Å²) in [6.07, 6.45) is 3.31. The van der Waals surface area contributed by atoms with Gasteiger partial charge in [-0.15, -0.1) is 6.58 Å². The maximum absolute atomic E-state index is 12.1. The number of hydrogen-bond acceptors (Lipinski definition) is 3. The lowest BCUT2D eigenvalue weighted by Crippen LogP contribution is -2.14. The molecule has 0 saturated heterocycles. The van der Waals surface area contributed by atoms with Crippen LogP contribution in [0, 0.1) is 0 Å². The third-order valence-corrected chi connectivity index (χ3v) is 3.28. The number of nitrogens with zero attached hydrogens (tertiary/aromatic N) is 1. The van der Waals surface area contributed by atoms with Crippen LogP contribution in [0.2, 0.25) is 10.0 Å². The number of para-hydroxylation sites is 1. The van der Waals surface area contributed by atoms with E-state index < -0.39 is 0 Å². The van der Waals surface area contributed by atoms with Crippen LogP contribution in [0.1, 0.15) is 10.5 Å². The number of nitrogens with one attached hydrogen (secondary N) is 2. The van der Waals surface area contributed by atoms with Crippen LogP contribution in [-0.2, 0) is 0 Å². The Labute approximate surface area is 132 Å². The predicted molar refractivity (Wildman–Crippen MR) is 87.3 cm³/mol. The van der Waals surface area contributed by atoms with E-state index in [1.165, 1.54) is 0 Å². The van der Waals surface area contributed by atoms with Crippen molar-refractivity contribution >= 4 is 40.5 Å². The van der Waals surface area contributed by atoms with Crippen molar-refractivity contribution in [1.29, 1.82) is 0 Å². The molecule has 0 bridgehead atoms. The lowest BCUT2D eigenvalue weighted by Gasteiger charge is -2.09. The number of hydrogen-bond donors (Lipinski definition) is 2. The second-order valence-corrected chi connectivity index (χ2v) is 4.97. The standard InChI is InChI=1S/C15H13Cl2N3O/c1-2-8-18-10-6-7-13(19-9-10)15(21)20-14-11(16)4-3-5-12(14)17/h2-7,9,18H,1,8H2,(H,20,21). The van der Waals surface area contributed by atoms with E-state index in [-0.39, 0.29) is 11.6 Å². The van der Waals surface area contributed by atoms with E-state index in [2.05, 4.69) is 22.2 Å². The summed E-state index contributed by atoms with van der Waals surface area (Å²) in [5.74, 6) is -0.375. The monoisotopic (exact) mass is 321 g/mol. The number of benzene rings is 1. The van der Waals surface area contributed by atoms with Crippen LogP contribution in [0.3, 0.4) is 0 Å². The zero-order valence-corrected chi connectivity index (χ0v) is 12.6. The molecule has 0 saturated carbocycles. The number of carbonyl (C=O) groups is 1. The fraction of sp³-hybridized carbons (Fsp3) is 0.0667. The number of amides is 1. The zero-order chi connectivity index (χ0) is 15.2. The molecule has 0 fully saturated rings. The summed E-state index contributed by atoms with van der Waals surface area (Å²) in [6, 6.07) is 8.39. The molecule has 0 unspecified atom stereocenters. The molecule has 21 heavy (non-hydrogen) atoms. The number of anilines is 2. The average molecular weight is 322 g/mol. The van der Waals surface area contributed by atoms with E-state index in [0.29, 0.717) is 22.3 Å². The molecule has 1 aromatic carbocycles. The quantitative estimate of drug-likeness (QED) is 0.810. The van der Waals surface area contributed by atoms with Crippen molar-refractivity contribution in [3.05, 3.63) is 64.9 Å². The molecule has 6 heteroatoms. The minimum Gasteiger partial charge on any atom is -0.380 e. The Hall–Kier alpha value is -2.04. The number of halogens is 2. The maximum atomic E-state index is 12.1. The molecule has 1 amide bonds. The Morgan fingerprint density at radius 1 is 1.24 bits per heavy atom. The second kappa shape index (κ2) is 7.11. The predicted octanol–water partition coefficient (Wildman–Crippen LogP) is 4.24. The van der Waals surface area contributed by atoms with Crippen LogP contribution in [-0.4, -0.2) is 17.4 Å². The van der Waals surface area contributed by atoms with Gasteiger partial charge in [-0.25, -0.2) is 4.98 Å². The van der Waals surface area contributed by atoms with Crippen molar-refractivity contribution in [3.63, 3.8) is 0 Å². The fourth-order valence-electron chi connectivity index (χ4n) is 1.62. The largest absolute Gasteiger partial charge is 0.380 e. The molecule has 0 spiro atoms. The highest BCUT2D eigenvalue weighted by atomic mass is 35.5. The van der Waals surface area contributed by atoms with Crippen molar-refractivity contribution in [2.24, 2.45) is 0 Å². The molecule has 0 atom stereocenters. The summed E-state index contributed by atoms with van der Waals surface area (Å²) in [5, 5.41) is 6.48. The lowest BCUT2D eigenvalue weighted by atomic mass is 10.2. The number of aromatic nitrogens is 1. The molecule has 0 aliphatic heterocycles. The van der Waals surface area contributed by atoms with Gasteiger partial charge in [0.15, 0.2) is 0 Å². The smallest absolute Gasteiger partial charge is 0.274 e. The Bertz CT molecular complexity index is 636. The van der Waals surface area contributed by atoms with Crippen LogP contribution in [0.5, 0.6) is 0 Å². The van der Waals surface area contributed by atoms with Gasteiger partial charge < -0.3 is 10.6 Å². The van der Waals surface area contributed by atoms with E-state index in [4.69, 9.17) is 23.2 Å². The third kappa shape index (κ3) is 3.97. The number of rotatable bonds is 5. The molecule has 0 aliphatic carbocycles. The van der Waals surface area contributed by atoms with Gasteiger partial charge in [0.1, 0.15) is 5.69 Å². The molecule has 108 valence electrons. The van der Waals surface area contributed by atoms with Gasteiger partial charge in [0.25, 0.3) is 5.91 Å². The van der Waals surface area contributed by atoms with Crippen LogP contribution in [0.15, 0.2) is 49.2 Å². The summed E-state index contributed by atoms with van der Waals surface area (Å²) < 4.78 is 0. The maximum Gasteiger partial charge on any atom is 0.274 e. The average Bonchev–Trinajstić information content (AvgIpc) is 2.49. The third-order valence-electron chi connectivity index (χ3n) is 2.65. The molecule has 4 nitrogen and oxygen atoms in total. The van der Waals surface area contributed by atoms with Crippen LogP contribution in [0.4, 0.5) is 11.4 Å². The second-order valence-electron chi connectivity index (χ2n) is 4.15. The van der Waals surface area contributed by atoms with Crippen molar-refractivity contribution < 1.29 is 4.79 Å². The SMILES string of the molecule is C=CCNc1ccc(C(=O)Nc2c(Cl)cccc2Cl)nc1. The van der Waals surface area contributed by atoms with Gasteiger partial charge in [0.2, 0.25) is 0 Å². The first-order valence-corrected chi connectivity index (χ1v) is 6.93. The van der Waals surface area contributed by atoms with Crippen LogP contribution < -0.4 is 10.6 Å². The molecule has 1 heterocycles. The Morgan fingerprint density at radius 2 is 1.95 bits per heavy atom. The number of carbonyl (C=O) groups excluding carboxylic acids is 1. The molecule has 2 aromatic rings. The fourth-order valence-corrected chi connectivity index (χ4v) is 2.11. The summed E-state index contributed by atoms with van der Waals surface area (Å²) in [6.45, 7) is 4.24. The lowest BCUT2D eigenvalue weighted by molar-refractivity contribution is 0.102. The first-order valence-electron chi connectivity index (χ1n) is 6.18. The van der Waals surface area contributed by atoms with Gasteiger partial charge >= 0.3 is 0 Å². The van der Waals surface area contributed by atoms with Crippen LogP contribution >= 0.6 is 23.2 Å². The molecule has 2 rings (SSSR count). The minimum absolute atomic E-state index is 0.273. The highest BCUT2D eigenvalue weighted by Crippen LogP contribution is 2.30. The van der Waals surface area contributed by atoms with Gasteiger partial charge in [0.05, 0.1) is 27.6 Å². The molecule has 0 aliphatic rings. The van der Waals surface area contributed by atoms with Crippen molar-refractivity contribution in [2.45, 2.75) is 0 Å². The number of pyridine rings is 1. The highest BCUT2D eigenvalue weighted by Gasteiger charge is 2.12. The summed E-state index contributed by atoms with van der Waals surface area (Å²) in [4.78, 5) is 16.2. The van der Waals surface area contributed by atoms with Crippen molar-refractivity contribution in [1.82, 2.24) is 4.98 Å². The molecule has 2 N–H and O–H groups in total. The Kier molecular flexibility index (Phi) is 5.20. The van der Waals surface area contributed by atoms with Gasteiger partial charge in [-0.1, -0.05) is 35.3 Å². The normalized spacial score (nSPS) is 10.0. The highest BCUT2D eigenvalue weighted by molar-refractivity contribution is 6.39. The summed E-state index contributed by atoms with van der Waals surface area (Å²) in [7, 11) is 0. The van der Waals surface area contributed by atoms with Crippen molar-refractivity contribution in [3.8, 4) is 0 Å². The van der Waals surface area contributed by atoms with Crippen molar-refractivity contribution in [2.75, 3.05) is 17.2 Å². The Morgan fingerprint density at radius 3 is 2.52 bits per heavy atom. The van der Waals surface area contributed by atoms with Gasteiger partial charge in [0, 0.05) is 6.54 Å². The topological polar surface area (TPSA) is 54.0 Å². The van der Waals surface area contributed by atoms with Gasteiger partial charge in [-0.3, -0.25) is 4.79 Å². The van der Waals surface area contributed by atoms with E-state index in [0.717, 1.165) is 5.69 Å². The molecule has 0 radical (unpaired) electrons. The summed E-state index contributed by atoms with van der Waals surface area (Å²) >= 11 is 12.0. The Balaban J connectivity index is 2.11. The molecular weight excluding hydrogens is 309 g/mol. The zero-order valence-electron chi connectivity index (χ0n) is 11.1. The minimum atomic E-state index is -0.375.